The van der Waals surface area contributed by atoms with E-state index in [4.69, 9.17) is 5.11 Å². The molecule has 0 amide bonds. The van der Waals surface area contributed by atoms with Gasteiger partial charge in [-0.1, -0.05) is 6.92 Å². The van der Waals surface area contributed by atoms with Gasteiger partial charge in [0, 0.05) is 5.54 Å². The van der Waals surface area contributed by atoms with Crippen LogP contribution in [0.3, 0.4) is 0 Å². The van der Waals surface area contributed by atoms with Gasteiger partial charge in [0.15, 0.2) is 0 Å². The number of H-pyrrole nitrogens is 1. The summed E-state index contributed by atoms with van der Waals surface area (Å²) in [5, 5.41) is 15.2. The summed E-state index contributed by atoms with van der Waals surface area (Å²) in [7, 11) is -3.73. The number of nitrogens with zero attached hydrogens (tertiary/aromatic N) is 1. The molecule has 0 spiro atoms. The molecule has 2 rings (SSSR count). The van der Waals surface area contributed by atoms with E-state index in [9.17, 15) is 13.2 Å². The van der Waals surface area contributed by atoms with Crippen molar-refractivity contribution >= 4 is 16.0 Å². The largest absolute Gasteiger partial charge is 0.481 e. The zero-order chi connectivity index (χ0) is 13.6. The first-order chi connectivity index (χ1) is 8.28. The number of carboxylic acids is 1. The second kappa shape index (κ2) is 4.06. The summed E-state index contributed by atoms with van der Waals surface area (Å²) in [4.78, 5) is 11.0. The Bertz CT molecular complexity index is 574. The van der Waals surface area contributed by atoms with Crippen LogP contribution in [0.2, 0.25) is 0 Å². The van der Waals surface area contributed by atoms with Crippen molar-refractivity contribution in [3.05, 3.63) is 11.9 Å². The SMILES string of the molecule is Cc1[nH]ncc1S(=O)(=O)NC1(C(C)C(=O)O)CC1. The van der Waals surface area contributed by atoms with Gasteiger partial charge in [0.05, 0.1) is 17.8 Å². The van der Waals surface area contributed by atoms with E-state index in [-0.39, 0.29) is 4.90 Å². The summed E-state index contributed by atoms with van der Waals surface area (Å²) < 4.78 is 26.8. The van der Waals surface area contributed by atoms with E-state index in [1.54, 1.807) is 6.92 Å². The molecule has 1 saturated carbocycles. The minimum absolute atomic E-state index is 0.0614. The molecule has 0 aromatic carbocycles. The van der Waals surface area contributed by atoms with Crippen LogP contribution in [0.1, 0.15) is 25.5 Å². The van der Waals surface area contributed by atoms with E-state index >= 15 is 0 Å². The third-order valence-corrected chi connectivity index (χ3v) is 5.06. The maximum atomic E-state index is 12.1. The van der Waals surface area contributed by atoms with E-state index in [0.29, 0.717) is 18.5 Å². The summed E-state index contributed by atoms with van der Waals surface area (Å²) >= 11 is 0. The lowest BCUT2D eigenvalue weighted by atomic mass is 10.0. The Balaban J connectivity index is 2.25. The molecule has 0 aliphatic heterocycles. The van der Waals surface area contributed by atoms with Gasteiger partial charge in [-0.25, -0.2) is 13.1 Å². The van der Waals surface area contributed by atoms with Crippen molar-refractivity contribution < 1.29 is 18.3 Å². The summed E-state index contributed by atoms with van der Waals surface area (Å²) in [5.74, 6) is -1.75. The monoisotopic (exact) mass is 273 g/mol. The van der Waals surface area contributed by atoms with Crippen molar-refractivity contribution in [1.29, 1.82) is 0 Å². The average Bonchev–Trinajstić information content (AvgIpc) is 2.89. The Hall–Kier alpha value is -1.41. The van der Waals surface area contributed by atoms with Crippen LogP contribution in [-0.2, 0) is 14.8 Å². The molecule has 0 radical (unpaired) electrons. The number of aromatic nitrogens is 2. The maximum absolute atomic E-state index is 12.1. The highest BCUT2D eigenvalue weighted by Gasteiger charge is 2.53. The van der Waals surface area contributed by atoms with Gasteiger partial charge in [0.2, 0.25) is 10.0 Å². The van der Waals surface area contributed by atoms with Crippen molar-refractivity contribution in [2.45, 2.75) is 37.1 Å². The first kappa shape index (κ1) is 13.0. The topological polar surface area (TPSA) is 112 Å². The van der Waals surface area contributed by atoms with Crippen molar-refractivity contribution in [3.8, 4) is 0 Å². The predicted octanol–water partition coefficient (Wildman–Crippen LogP) is 0.250. The second-order valence-electron chi connectivity index (χ2n) is 4.68. The number of aromatic amines is 1. The van der Waals surface area contributed by atoms with Crippen molar-refractivity contribution in [2.24, 2.45) is 5.92 Å². The fraction of sp³-hybridized carbons (Fsp3) is 0.600. The zero-order valence-corrected chi connectivity index (χ0v) is 10.9. The number of hydrogen-bond donors (Lipinski definition) is 3. The maximum Gasteiger partial charge on any atom is 0.308 e. The number of hydrogen-bond acceptors (Lipinski definition) is 4. The zero-order valence-electron chi connectivity index (χ0n) is 10.1. The molecule has 1 atom stereocenters. The highest BCUT2D eigenvalue weighted by molar-refractivity contribution is 7.89. The van der Waals surface area contributed by atoms with Crippen LogP contribution in [0.4, 0.5) is 0 Å². The number of aliphatic carboxylic acids is 1. The molecule has 0 bridgehead atoms. The summed E-state index contributed by atoms with van der Waals surface area (Å²) in [6.07, 6.45) is 2.30. The Morgan fingerprint density at radius 3 is 2.61 bits per heavy atom. The molecule has 1 aromatic rings. The van der Waals surface area contributed by atoms with E-state index in [1.807, 2.05) is 0 Å². The molecule has 0 saturated heterocycles. The highest BCUT2D eigenvalue weighted by atomic mass is 32.2. The summed E-state index contributed by atoms with van der Waals surface area (Å²) in [6.45, 7) is 3.11. The lowest BCUT2D eigenvalue weighted by Gasteiger charge is -2.21. The number of carbonyl (C=O) groups is 1. The first-order valence-electron chi connectivity index (χ1n) is 5.55. The quantitative estimate of drug-likeness (QED) is 0.712. The van der Waals surface area contributed by atoms with Crippen LogP contribution >= 0.6 is 0 Å². The van der Waals surface area contributed by atoms with Crippen LogP contribution in [0.5, 0.6) is 0 Å². The van der Waals surface area contributed by atoms with Crippen LogP contribution in [0, 0.1) is 12.8 Å². The van der Waals surface area contributed by atoms with Gasteiger partial charge in [-0.3, -0.25) is 9.89 Å². The normalized spacial score (nSPS) is 19.4. The Labute approximate surface area is 105 Å². The molecule has 1 fully saturated rings. The number of carboxylic acid groups (broad SMARTS) is 1. The van der Waals surface area contributed by atoms with E-state index in [1.165, 1.54) is 13.1 Å². The first-order valence-corrected chi connectivity index (χ1v) is 7.03. The number of nitrogens with one attached hydrogen (secondary N) is 2. The lowest BCUT2D eigenvalue weighted by molar-refractivity contribution is -0.142. The van der Waals surface area contributed by atoms with Gasteiger partial charge in [-0.2, -0.15) is 5.10 Å². The van der Waals surface area contributed by atoms with Crippen molar-refractivity contribution in [2.75, 3.05) is 0 Å². The molecule has 1 aliphatic carbocycles. The highest BCUT2D eigenvalue weighted by Crippen LogP contribution is 2.43. The smallest absolute Gasteiger partial charge is 0.308 e. The molecule has 1 heterocycles. The predicted molar refractivity (Wildman–Crippen MR) is 62.4 cm³/mol. The molecule has 1 unspecified atom stereocenters. The standard InChI is InChI=1S/C10H15N3O4S/c1-6(9(14)15)10(3-4-10)13-18(16,17)8-5-11-12-7(8)2/h5-6,13H,3-4H2,1-2H3,(H,11,12)(H,14,15). The van der Waals surface area contributed by atoms with Gasteiger partial charge < -0.3 is 5.11 Å². The number of aryl methyl sites for hydroxylation is 1. The van der Waals surface area contributed by atoms with Gasteiger partial charge in [0.25, 0.3) is 0 Å². The Morgan fingerprint density at radius 1 is 1.61 bits per heavy atom. The fourth-order valence-corrected chi connectivity index (χ4v) is 3.59. The van der Waals surface area contributed by atoms with Crippen LogP contribution in [0.25, 0.3) is 0 Å². The minimum atomic E-state index is -3.73. The number of sulfonamides is 1. The minimum Gasteiger partial charge on any atom is -0.481 e. The molecule has 18 heavy (non-hydrogen) atoms. The van der Waals surface area contributed by atoms with Crippen molar-refractivity contribution in [1.82, 2.24) is 14.9 Å². The number of rotatable bonds is 5. The summed E-state index contributed by atoms with van der Waals surface area (Å²) in [5.41, 5.74) is -0.421. The lowest BCUT2D eigenvalue weighted by Crippen LogP contribution is -2.44. The fourth-order valence-electron chi connectivity index (χ4n) is 1.93. The Kier molecular flexibility index (Phi) is 2.94. The van der Waals surface area contributed by atoms with Gasteiger partial charge >= 0.3 is 5.97 Å². The molecule has 7 nitrogen and oxygen atoms in total. The van der Waals surface area contributed by atoms with E-state index < -0.39 is 27.4 Å². The van der Waals surface area contributed by atoms with Crippen molar-refractivity contribution in [3.63, 3.8) is 0 Å². The van der Waals surface area contributed by atoms with E-state index in [0.717, 1.165) is 0 Å². The van der Waals surface area contributed by atoms with Crippen LogP contribution in [-0.4, -0.2) is 35.2 Å². The molecule has 1 aromatic heterocycles. The molecule has 3 N–H and O–H groups in total. The van der Waals surface area contributed by atoms with Gasteiger partial charge in [-0.05, 0) is 19.8 Å². The molecule has 8 heteroatoms. The summed E-state index contributed by atoms with van der Waals surface area (Å²) in [6, 6.07) is 0. The Morgan fingerprint density at radius 2 is 2.22 bits per heavy atom. The molecular weight excluding hydrogens is 258 g/mol. The third-order valence-electron chi connectivity index (χ3n) is 3.40. The van der Waals surface area contributed by atoms with Crippen LogP contribution < -0.4 is 4.72 Å². The average molecular weight is 273 g/mol. The van der Waals surface area contributed by atoms with Gasteiger partial charge in [0.1, 0.15) is 4.90 Å². The van der Waals surface area contributed by atoms with Crippen LogP contribution in [0.15, 0.2) is 11.1 Å². The molecule has 100 valence electrons. The van der Waals surface area contributed by atoms with Gasteiger partial charge in [-0.15, -0.1) is 0 Å². The second-order valence-corrected chi connectivity index (χ2v) is 6.33. The van der Waals surface area contributed by atoms with E-state index in [2.05, 4.69) is 14.9 Å². The molecule has 1 aliphatic rings. The third kappa shape index (κ3) is 2.13. The molecular formula is C10H15N3O4S.